The molecule has 100 valence electrons. The first kappa shape index (κ1) is 14.6. The van der Waals surface area contributed by atoms with Gasteiger partial charge in [-0.25, -0.2) is 4.79 Å². The number of benzene rings is 1. The highest BCUT2D eigenvalue weighted by Gasteiger charge is 2.19. The standard InChI is InChI=1S/C13H19NO4/c1-8-7-9(3-4-10(8)13(17)18)12(16)11(15)5-6-14-2/h3-4,7,11-12,14-16H,5-6H2,1-2H3,(H,17,18). The molecule has 1 aromatic carbocycles. The summed E-state index contributed by atoms with van der Waals surface area (Å²) in [6.45, 7) is 2.27. The van der Waals surface area contributed by atoms with Crippen molar-refractivity contribution >= 4 is 5.97 Å². The van der Waals surface area contributed by atoms with Crippen LogP contribution >= 0.6 is 0 Å². The van der Waals surface area contributed by atoms with E-state index in [4.69, 9.17) is 5.11 Å². The van der Waals surface area contributed by atoms with Gasteiger partial charge in [0.25, 0.3) is 0 Å². The van der Waals surface area contributed by atoms with Crippen LogP contribution in [-0.4, -0.2) is 41.0 Å². The molecule has 0 spiro atoms. The lowest BCUT2D eigenvalue weighted by Crippen LogP contribution is -2.23. The van der Waals surface area contributed by atoms with Crippen LogP contribution in [0.3, 0.4) is 0 Å². The fourth-order valence-corrected chi connectivity index (χ4v) is 1.78. The number of nitrogens with one attached hydrogen (secondary N) is 1. The Hall–Kier alpha value is -1.43. The Morgan fingerprint density at radius 3 is 2.56 bits per heavy atom. The van der Waals surface area contributed by atoms with Gasteiger partial charge in [0.15, 0.2) is 0 Å². The predicted octanol–water partition coefficient (Wildman–Crippen LogP) is 0.697. The molecule has 0 saturated heterocycles. The van der Waals surface area contributed by atoms with Gasteiger partial charge in [0.1, 0.15) is 6.10 Å². The minimum atomic E-state index is -1.00. The molecule has 0 aliphatic heterocycles. The second kappa shape index (κ2) is 6.49. The average molecular weight is 253 g/mol. The van der Waals surface area contributed by atoms with Gasteiger partial charge < -0.3 is 20.6 Å². The molecule has 4 N–H and O–H groups in total. The number of carbonyl (C=O) groups is 1. The molecule has 0 fully saturated rings. The normalized spacial score (nSPS) is 14.2. The first-order valence-electron chi connectivity index (χ1n) is 5.82. The number of aromatic carboxylic acids is 1. The first-order valence-corrected chi connectivity index (χ1v) is 5.82. The van der Waals surface area contributed by atoms with Gasteiger partial charge in [-0.3, -0.25) is 0 Å². The highest BCUT2D eigenvalue weighted by atomic mass is 16.4. The second-order valence-electron chi connectivity index (χ2n) is 4.28. The average Bonchev–Trinajstić information content (AvgIpc) is 2.34. The van der Waals surface area contributed by atoms with Gasteiger partial charge in [0, 0.05) is 0 Å². The van der Waals surface area contributed by atoms with Crippen LogP contribution in [0.15, 0.2) is 18.2 Å². The van der Waals surface area contributed by atoms with Crippen molar-refractivity contribution in [1.29, 1.82) is 0 Å². The molecule has 0 aliphatic rings. The molecule has 5 heteroatoms. The molecule has 1 aromatic rings. The summed E-state index contributed by atoms with van der Waals surface area (Å²) in [5, 5.41) is 31.5. The van der Waals surface area contributed by atoms with Crippen molar-refractivity contribution in [3.05, 3.63) is 34.9 Å². The van der Waals surface area contributed by atoms with Crippen molar-refractivity contribution in [3.63, 3.8) is 0 Å². The Morgan fingerprint density at radius 1 is 1.39 bits per heavy atom. The topological polar surface area (TPSA) is 89.8 Å². The van der Waals surface area contributed by atoms with Crippen molar-refractivity contribution in [1.82, 2.24) is 5.32 Å². The van der Waals surface area contributed by atoms with Crippen LogP contribution in [0.1, 0.15) is 34.0 Å². The smallest absolute Gasteiger partial charge is 0.335 e. The van der Waals surface area contributed by atoms with Crippen molar-refractivity contribution in [2.45, 2.75) is 25.6 Å². The number of hydrogen-bond donors (Lipinski definition) is 4. The van der Waals surface area contributed by atoms with Gasteiger partial charge in [-0.2, -0.15) is 0 Å². The second-order valence-corrected chi connectivity index (χ2v) is 4.28. The highest BCUT2D eigenvalue weighted by Crippen LogP contribution is 2.21. The van der Waals surface area contributed by atoms with E-state index in [-0.39, 0.29) is 5.56 Å². The molecular weight excluding hydrogens is 234 g/mol. The molecule has 0 heterocycles. The van der Waals surface area contributed by atoms with Gasteiger partial charge in [0.2, 0.25) is 0 Å². The quantitative estimate of drug-likeness (QED) is 0.599. The number of hydrogen-bond acceptors (Lipinski definition) is 4. The van der Waals surface area contributed by atoms with Crippen molar-refractivity contribution in [2.24, 2.45) is 0 Å². The number of aryl methyl sites for hydroxylation is 1. The summed E-state index contributed by atoms with van der Waals surface area (Å²) in [5.74, 6) is -0.996. The number of carboxylic acid groups (broad SMARTS) is 1. The molecular formula is C13H19NO4. The van der Waals surface area contributed by atoms with E-state index in [1.54, 1.807) is 20.0 Å². The van der Waals surface area contributed by atoms with Gasteiger partial charge in [-0.1, -0.05) is 12.1 Å². The van der Waals surface area contributed by atoms with Crippen LogP contribution in [0, 0.1) is 6.92 Å². The Labute approximate surface area is 106 Å². The van der Waals surface area contributed by atoms with E-state index in [9.17, 15) is 15.0 Å². The fourth-order valence-electron chi connectivity index (χ4n) is 1.78. The van der Waals surface area contributed by atoms with Gasteiger partial charge in [0.05, 0.1) is 11.7 Å². The minimum absolute atomic E-state index is 0.204. The summed E-state index contributed by atoms with van der Waals surface area (Å²) >= 11 is 0. The fraction of sp³-hybridized carbons (Fsp3) is 0.462. The summed E-state index contributed by atoms with van der Waals surface area (Å²) in [6.07, 6.45) is -1.44. The molecule has 2 atom stereocenters. The molecule has 0 bridgehead atoms. The van der Waals surface area contributed by atoms with Gasteiger partial charge >= 0.3 is 5.97 Å². The molecule has 0 radical (unpaired) electrons. The Kier molecular flexibility index (Phi) is 5.27. The van der Waals surface area contributed by atoms with Gasteiger partial charge in [-0.15, -0.1) is 0 Å². The zero-order valence-electron chi connectivity index (χ0n) is 10.6. The third-order valence-electron chi connectivity index (χ3n) is 2.88. The van der Waals surface area contributed by atoms with E-state index in [0.717, 1.165) is 0 Å². The summed E-state index contributed by atoms with van der Waals surface area (Å²) in [7, 11) is 1.77. The van der Waals surface area contributed by atoms with Crippen LogP contribution in [0.2, 0.25) is 0 Å². The minimum Gasteiger partial charge on any atom is -0.478 e. The summed E-state index contributed by atoms with van der Waals surface area (Å²) in [5.41, 5.74) is 1.30. The van der Waals surface area contributed by atoms with E-state index in [1.165, 1.54) is 12.1 Å². The van der Waals surface area contributed by atoms with Crippen LogP contribution < -0.4 is 5.32 Å². The number of aliphatic hydroxyl groups excluding tert-OH is 2. The van der Waals surface area contributed by atoms with Crippen LogP contribution in [-0.2, 0) is 0 Å². The summed E-state index contributed by atoms with van der Waals surface area (Å²) in [6, 6.07) is 4.57. The lowest BCUT2D eigenvalue weighted by Gasteiger charge is -2.18. The number of carboxylic acids is 1. The van der Waals surface area contributed by atoms with E-state index in [1.807, 2.05) is 0 Å². The van der Waals surface area contributed by atoms with Crippen LogP contribution in [0.25, 0.3) is 0 Å². The van der Waals surface area contributed by atoms with Crippen LogP contribution in [0.5, 0.6) is 0 Å². The zero-order chi connectivity index (χ0) is 13.7. The predicted molar refractivity (Wildman–Crippen MR) is 67.6 cm³/mol. The zero-order valence-corrected chi connectivity index (χ0v) is 10.6. The number of rotatable bonds is 6. The summed E-state index contributed by atoms with van der Waals surface area (Å²) in [4.78, 5) is 10.9. The first-order chi connectivity index (χ1) is 8.47. The SMILES string of the molecule is CNCCC(O)C(O)c1ccc(C(=O)O)c(C)c1. The van der Waals surface area contributed by atoms with Gasteiger partial charge in [-0.05, 0) is 44.1 Å². The molecule has 2 unspecified atom stereocenters. The van der Waals surface area contributed by atoms with E-state index >= 15 is 0 Å². The maximum absolute atomic E-state index is 10.9. The lowest BCUT2D eigenvalue weighted by molar-refractivity contribution is 0.0140. The lowest BCUT2D eigenvalue weighted by atomic mass is 9.98. The summed E-state index contributed by atoms with van der Waals surface area (Å²) < 4.78 is 0. The Bertz CT molecular complexity index is 419. The van der Waals surface area contributed by atoms with E-state index < -0.39 is 18.2 Å². The van der Waals surface area contributed by atoms with Crippen molar-refractivity contribution in [2.75, 3.05) is 13.6 Å². The largest absolute Gasteiger partial charge is 0.478 e. The molecule has 0 saturated carbocycles. The highest BCUT2D eigenvalue weighted by molar-refractivity contribution is 5.89. The van der Waals surface area contributed by atoms with E-state index in [2.05, 4.69) is 5.32 Å². The monoisotopic (exact) mass is 253 g/mol. The molecule has 0 aliphatic carbocycles. The van der Waals surface area contributed by atoms with Crippen molar-refractivity contribution in [3.8, 4) is 0 Å². The van der Waals surface area contributed by atoms with Crippen molar-refractivity contribution < 1.29 is 20.1 Å². The molecule has 1 rings (SSSR count). The molecule has 0 aromatic heterocycles. The Morgan fingerprint density at radius 2 is 2.06 bits per heavy atom. The molecule has 18 heavy (non-hydrogen) atoms. The third-order valence-corrected chi connectivity index (χ3v) is 2.88. The van der Waals surface area contributed by atoms with E-state index in [0.29, 0.717) is 24.1 Å². The Balaban J connectivity index is 2.83. The van der Waals surface area contributed by atoms with Crippen LogP contribution in [0.4, 0.5) is 0 Å². The molecule has 5 nitrogen and oxygen atoms in total. The number of aliphatic hydroxyl groups is 2. The maximum Gasteiger partial charge on any atom is 0.335 e. The molecule has 0 amide bonds. The maximum atomic E-state index is 10.9. The third kappa shape index (κ3) is 3.53.